The van der Waals surface area contributed by atoms with E-state index in [4.69, 9.17) is 4.74 Å². The maximum atomic E-state index is 12.4. The third-order valence-electron chi connectivity index (χ3n) is 1.57. The average molecular weight is 269 g/mol. The van der Waals surface area contributed by atoms with Crippen molar-refractivity contribution in [2.45, 2.75) is 13.1 Å². The molecule has 1 rings (SSSR count). The highest BCUT2D eigenvalue weighted by Gasteiger charge is 2.33. The second kappa shape index (κ2) is 4.21. The second-order valence-corrected chi connectivity index (χ2v) is 3.34. The van der Waals surface area contributed by atoms with Crippen molar-refractivity contribution in [3.63, 3.8) is 0 Å². The van der Waals surface area contributed by atoms with Gasteiger partial charge in [0.05, 0.1) is 16.6 Å². The minimum atomic E-state index is -4.36. The van der Waals surface area contributed by atoms with Gasteiger partial charge in [-0.05, 0) is 35.0 Å². The van der Waals surface area contributed by atoms with Crippen LogP contribution >= 0.6 is 15.9 Å². The van der Waals surface area contributed by atoms with Gasteiger partial charge >= 0.3 is 6.18 Å². The lowest BCUT2D eigenvalue weighted by atomic mass is 10.2. The fourth-order valence-corrected chi connectivity index (χ4v) is 1.60. The van der Waals surface area contributed by atoms with Crippen LogP contribution in [0.2, 0.25) is 0 Å². The molecule has 0 saturated carbocycles. The zero-order chi connectivity index (χ0) is 10.8. The molecule has 0 heterocycles. The molecule has 0 atom stereocenters. The Morgan fingerprint density at radius 2 is 2.00 bits per heavy atom. The monoisotopic (exact) mass is 268 g/mol. The first-order valence-electron chi connectivity index (χ1n) is 3.95. The maximum absolute atomic E-state index is 12.4. The Balaban J connectivity index is 3.14. The summed E-state index contributed by atoms with van der Waals surface area (Å²) < 4.78 is 42.1. The molecule has 0 amide bonds. The molecule has 0 N–H and O–H groups in total. The Hall–Kier alpha value is -0.710. The van der Waals surface area contributed by atoms with Crippen LogP contribution in [0, 0.1) is 0 Å². The molecule has 0 saturated heterocycles. The van der Waals surface area contributed by atoms with Crippen LogP contribution in [0.4, 0.5) is 13.2 Å². The molecule has 5 heteroatoms. The number of ether oxygens (including phenoxy) is 1. The van der Waals surface area contributed by atoms with E-state index in [2.05, 4.69) is 15.9 Å². The first-order chi connectivity index (χ1) is 6.46. The molecule has 14 heavy (non-hydrogen) atoms. The van der Waals surface area contributed by atoms with Gasteiger partial charge in [-0.25, -0.2) is 0 Å². The summed E-state index contributed by atoms with van der Waals surface area (Å²) in [5.41, 5.74) is -0.719. The van der Waals surface area contributed by atoms with Crippen molar-refractivity contribution in [3.05, 3.63) is 28.2 Å². The molecule has 78 valence electrons. The highest BCUT2D eigenvalue weighted by atomic mass is 79.9. The Morgan fingerprint density at radius 3 is 2.50 bits per heavy atom. The summed E-state index contributed by atoms with van der Waals surface area (Å²) >= 11 is 2.87. The molecule has 1 nitrogen and oxygen atoms in total. The van der Waals surface area contributed by atoms with Crippen LogP contribution in [0.3, 0.4) is 0 Å². The summed E-state index contributed by atoms with van der Waals surface area (Å²) in [6.07, 6.45) is -4.36. The Labute approximate surface area is 88.0 Å². The van der Waals surface area contributed by atoms with E-state index < -0.39 is 11.7 Å². The fraction of sp³-hybridized carbons (Fsp3) is 0.333. The van der Waals surface area contributed by atoms with Crippen molar-refractivity contribution in [3.8, 4) is 5.75 Å². The Morgan fingerprint density at radius 1 is 1.36 bits per heavy atom. The van der Waals surface area contributed by atoms with Gasteiger partial charge in [0.25, 0.3) is 0 Å². The van der Waals surface area contributed by atoms with Crippen molar-refractivity contribution in [2.24, 2.45) is 0 Å². The van der Waals surface area contributed by atoms with E-state index in [9.17, 15) is 13.2 Å². The standard InChI is InChI=1S/C9H8BrF3O/c1-2-14-7-5-3-4-6(8(7)10)9(11,12)13/h3-5H,2H2,1H3. The van der Waals surface area contributed by atoms with E-state index in [1.807, 2.05) is 0 Å². The maximum Gasteiger partial charge on any atom is 0.417 e. The smallest absolute Gasteiger partial charge is 0.417 e. The van der Waals surface area contributed by atoms with Gasteiger partial charge in [-0.2, -0.15) is 13.2 Å². The molecule has 0 aromatic heterocycles. The number of benzene rings is 1. The van der Waals surface area contributed by atoms with Crippen molar-refractivity contribution >= 4 is 15.9 Å². The van der Waals surface area contributed by atoms with E-state index in [1.54, 1.807) is 6.92 Å². The van der Waals surface area contributed by atoms with Gasteiger partial charge in [-0.1, -0.05) is 6.07 Å². The quantitative estimate of drug-likeness (QED) is 0.792. The highest BCUT2D eigenvalue weighted by Crippen LogP contribution is 2.39. The number of halogens is 4. The van der Waals surface area contributed by atoms with E-state index in [-0.39, 0.29) is 10.2 Å². The largest absolute Gasteiger partial charge is 0.493 e. The van der Waals surface area contributed by atoms with E-state index >= 15 is 0 Å². The summed E-state index contributed by atoms with van der Waals surface area (Å²) in [5, 5.41) is 0. The zero-order valence-electron chi connectivity index (χ0n) is 7.36. The SMILES string of the molecule is CCOc1cccc(C(F)(F)F)c1Br. The van der Waals surface area contributed by atoms with Gasteiger partial charge in [-0.15, -0.1) is 0 Å². The molecular formula is C9H8BrF3O. The molecule has 0 spiro atoms. The molecule has 0 aliphatic heterocycles. The molecule has 0 bridgehead atoms. The van der Waals surface area contributed by atoms with Gasteiger partial charge in [0.15, 0.2) is 0 Å². The number of alkyl halides is 3. The van der Waals surface area contributed by atoms with Gasteiger partial charge in [0.2, 0.25) is 0 Å². The summed E-state index contributed by atoms with van der Waals surface area (Å²) in [6, 6.07) is 3.81. The lowest BCUT2D eigenvalue weighted by molar-refractivity contribution is -0.138. The molecule has 0 radical (unpaired) electrons. The molecule has 1 aromatic rings. The molecule has 0 unspecified atom stereocenters. The summed E-state index contributed by atoms with van der Waals surface area (Å²) in [5.74, 6) is 0.210. The van der Waals surface area contributed by atoms with Crippen molar-refractivity contribution in [1.82, 2.24) is 0 Å². The van der Waals surface area contributed by atoms with Crippen LogP contribution in [0.15, 0.2) is 22.7 Å². The molecule has 0 aliphatic carbocycles. The lowest BCUT2D eigenvalue weighted by Gasteiger charge is -2.12. The molecular weight excluding hydrogens is 261 g/mol. The summed E-state index contributed by atoms with van der Waals surface area (Å²) in [7, 11) is 0. The van der Waals surface area contributed by atoms with Gasteiger partial charge < -0.3 is 4.74 Å². The zero-order valence-corrected chi connectivity index (χ0v) is 8.95. The Bertz CT molecular complexity index is 322. The van der Waals surface area contributed by atoms with Crippen molar-refractivity contribution in [1.29, 1.82) is 0 Å². The van der Waals surface area contributed by atoms with Crippen LogP contribution in [-0.4, -0.2) is 6.61 Å². The fourth-order valence-electron chi connectivity index (χ4n) is 0.997. The number of hydrogen-bond donors (Lipinski definition) is 0. The highest BCUT2D eigenvalue weighted by molar-refractivity contribution is 9.10. The van der Waals surface area contributed by atoms with E-state index in [1.165, 1.54) is 12.1 Å². The minimum Gasteiger partial charge on any atom is -0.493 e. The number of hydrogen-bond acceptors (Lipinski definition) is 1. The predicted molar refractivity (Wildman–Crippen MR) is 50.3 cm³/mol. The van der Waals surface area contributed by atoms with Crippen LogP contribution in [0.5, 0.6) is 5.75 Å². The summed E-state index contributed by atoms with van der Waals surface area (Å²) in [4.78, 5) is 0. The van der Waals surface area contributed by atoms with Crippen molar-refractivity contribution < 1.29 is 17.9 Å². The third-order valence-corrected chi connectivity index (χ3v) is 2.39. The van der Waals surface area contributed by atoms with E-state index in [0.29, 0.717) is 6.61 Å². The van der Waals surface area contributed by atoms with Crippen LogP contribution in [0.25, 0.3) is 0 Å². The topological polar surface area (TPSA) is 9.23 Å². The van der Waals surface area contributed by atoms with E-state index in [0.717, 1.165) is 6.07 Å². The van der Waals surface area contributed by atoms with Crippen LogP contribution < -0.4 is 4.74 Å². The molecule has 0 aliphatic rings. The van der Waals surface area contributed by atoms with Gasteiger partial charge in [0.1, 0.15) is 5.75 Å². The van der Waals surface area contributed by atoms with Crippen molar-refractivity contribution in [2.75, 3.05) is 6.61 Å². The number of rotatable bonds is 2. The summed E-state index contributed by atoms with van der Waals surface area (Å²) in [6.45, 7) is 2.05. The molecule has 0 fully saturated rings. The average Bonchev–Trinajstić information content (AvgIpc) is 2.07. The van der Waals surface area contributed by atoms with Crippen LogP contribution in [0.1, 0.15) is 12.5 Å². The van der Waals surface area contributed by atoms with Gasteiger partial charge in [-0.3, -0.25) is 0 Å². The normalized spacial score (nSPS) is 11.5. The first kappa shape index (κ1) is 11.4. The third kappa shape index (κ3) is 2.41. The van der Waals surface area contributed by atoms with Crippen LogP contribution in [-0.2, 0) is 6.18 Å². The first-order valence-corrected chi connectivity index (χ1v) is 4.74. The Kier molecular flexibility index (Phi) is 3.42. The minimum absolute atomic E-state index is 0.0469. The molecule has 1 aromatic carbocycles. The van der Waals surface area contributed by atoms with Gasteiger partial charge in [0, 0.05) is 0 Å². The second-order valence-electron chi connectivity index (χ2n) is 2.55. The lowest BCUT2D eigenvalue weighted by Crippen LogP contribution is -2.07. The predicted octanol–water partition coefficient (Wildman–Crippen LogP) is 3.87.